The van der Waals surface area contributed by atoms with E-state index in [0.717, 1.165) is 18.9 Å². The first kappa shape index (κ1) is 24.0. The molecule has 0 radical (unpaired) electrons. The number of nitrogens with zero attached hydrogens (tertiary/aromatic N) is 5. The second kappa shape index (κ2) is 9.03. The molecule has 0 saturated heterocycles. The number of halogens is 2. The van der Waals surface area contributed by atoms with Gasteiger partial charge in [-0.3, -0.25) is 14.2 Å². The van der Waals surface area contributed by atoms with E-state index in [1.165, 1.54) is 22.8 Å². The molecular formula is C24H19ClFN9O2. The van der Waals surface area contributed by atoms with Crippen LogP contribution in [-0.2, 0) is 0 Å². The van der Waals surface area contributed by atoms with E-state index in [4.69, 9.17) is 28.8 Å². The topological polar surface area (TPSA) is 192 Å². The molecule has 7 N–H and O–H groups in total. The number of amides is 1. The fraction of sp³-hybridized carbons (Fsp3) is 0.167. The second-order valence-corrected chi connectivity index (χ2v) is 8.95. The van der Waals surface area contributed by atoms with Crippen LogP contribution in [0.5, 0.6) is 0 Å². The number of benzene rings is 2. The van der Waals surface area contributed by atoms with Crippen molar-refractivity contribution < 1.29 is 9.18 Å². The van der Waals surface area contributed by atoms with Crippen LogP contribution in [0.3, 0.4) is 0 Å². The lowest BCUT2D eigenvalue weighted by Crippen LogP contribution is -2.30. The molecule has 5 rings (SSSR count). The van der Waals surface area contributed by atoms with Crippen LogP contribution in [-0.4, -0.2) is 25.4 Å². The highest BCUT2D eigenvalue weighted by atomic mass is 35.5. The smallest absolute Gasteiger partial charge is 0.267 e. The molecule has 2 heterocycles. The number of primary amides is 1. The number of nitrogen functional groups attached to an aromatic ring is 2. The van der Waals surface area contributed by atoms with Gasteiger partial charge in [-0.25, -0.2) is 9.37 Å². The van der Waals surface area contributed by atoms with Crippen LogP contribution in [0.2, 0.25) is 5.02 Å². The molecule has 1 saturated carbocycles. The predicted octanol–water partition coefficient (Wildman–Crippen LogP) is 2.67. The molecule has 13 heteroatoms. The van der Waals surface area contributed by atoms with Crippen LogP contribution >= 0.6 is 11.6 Å². The SMILES string of the molecule is N#Cc1c(N)nc(N)nc1NC(c1nc2c(F)ccc(Cl)c2c(=O)n1-c1cccc(C(N)=O)c1)C1CC1. The summed E-state index contributed by atoms with van der Waals surface area (Å²) in [7, 11) is 0. The van der Waals surface area contributed by atoms with Gasteiger partial charge in [0.25, 0.3) is 5.56 Å². The molecule has 1 amide bonds. The minimum atomic E-state index is -0.737. The Hall–Kier alpha value is -4.76. The molecular weight excluding hydrogens is 501 g/mol. The van der Waals surface area contributed by atoms with Crippen LogP contribution in [0, 0.1) is 23.1 Å². The van der Waals surface area contributed by atoms with E-state index in [1.54, 1.807) is 12.1 Å². The van der Waals surface area contributed by atoms with Crippen molar-refractivity contribution in [3.05, 3.63) is 74.5 Å². The minimum Gasteiger partial charge on any atom is -0.382 e. The summed E-state index contributed by atoms with van der Waals surface area (Å²) in [4.78, 5) is 38.2. The number of anilines is 3. The number of carbonyl (C=O) groups is 1. The van der Waals surface area contributed by atoms with E-state index < -0.39 is 23.3 Å². The van der Waals surface area contributed by atoms with Crippen molar-refractivity contribution >= 4 is 46.0 Å². The highest BCUT2D eigenvalue weighted by Crippen LogP contribution is 2.43. The van der Waals surface area contributed by atoms with Crippen LogP contribution in [0.25, 0.3) is 16.6 Å². The van der Waals surface area contributed by atoms with Gasteiger partial charge in [0.15, 0.2) is 5.82 Å². The number of hydrogen-bond donors (Lipinski definition) is 4. The average molecular weight is 520 g/mol. The number of rotatable bonds is 6. The molecule has 186 valence electrons. The number of hydrogen-bond acceptors (Lipinski definition) is 9. The third-order valence-corrected chi connectivity index (χ3v) is 6.38. The summed E-state index contributed by atoms with van der Waals surface area (Å²) in [5.41, 5.74) is 16.6. The van der Waals surface area contributed by atoms with Crippen LogP contribution in [0.15, 0.2) is 41.2 Å². The van der Waals surface area contributed by atoms with Crippen LogP contribution < -0.4 is 28.1 Å². The summed E-state index contributed by atoms with van der Waals surface area (Å²) in [6.45, 7) is 0. The van der Waals surface area contributed by atoms with E-state index in [0.29, 0.717) is 0 Å². The normalized spacial score (nSPS) is 13.8. The zero-order valence-corrected chi connectivity index (χ0v) is 19.8. The Kier molecular flexibility index (Phi) is 5.85. The molecule has 0 aliphatic heterocycles. The molecule has 1 aliphatic carbocycles. The Bertz CT molecular complexity index is 1690. The number of nitrogens with two attached hydrogens (primary N) is 3. The Balaban J connectivity index is 1.81. The van der Waals surface area contributed by atoms with Gasteiger partial charge in [-0.1, -0.05) is 17.7 Å². The van der Waals surface area contributed by atoms with Gasteiger partial charge in [0.2, 0.25) is 11.9 Å². The molecule has 0 bridgehead atoms. The Labute approximate surface area is 213 Å². The average Bonchev–Trinajstić information content (AvgIpc) is 3.69. The van der Waals surface area contributed by atoms with E-state index >= 15 is 0 Å². The summed E-state index contributed by atoms with van der Waals surface area (Å²) in [6, 6.07) is 9.69. The van der Waals surface area contributed by atoms with Gasteiger partial charge >= 0.3 is 0 Å². The largest absolute Gasteiger partial charge is 0.382 e. The summed E-state index contributed by atoms with van der Waals surface area (Å²) < 4.78 is 16.2. The maximum atomic E-state index is 14.9. The molecule has 37 heavy (non-hydrogen) atoms. The van der Waals surface area contributed by atoms with Crippen molar-refractivity contribution in [1.82, 2.24) is 19.5 Å². The summed E-state index contributed by atoms with van der Waals surface area (Å²) in [5.74, 6) is -1.62. The van der Waals surface area contributed by atoms with Crippen LogP contribution in [0.1, 0.15) is 40.6 Å². The Morgan fingerprint density at radius 2 is 1.97 bits per heavy atom. The monoisotopic (exact) mass is 519 g/mol. The van der Waals surface area contributed by atoms with Gasteiger partial charge in [0.05, 0.1) is 22.1 Å². The molecule has 0 spiro atoms. The highest BCUT2D eigenvalue weighted by molar-refractivity contribution is 6.35. The third kappa shape index (κ3) is 4.25. The maximum Gasteiger partial charge on any atom is 0.267 e. The molecule has 1 unspecified atom stereocenters. The van der Waals surface area contributed by atoms with Gasteiger partial charge in [0, 0.05) is 5.56 Å². The summed E-state index contributed by atoms with van der Waals surface area (Å²) >= 11 is 6.30. The number of nitriles is 1. The molecule has 2 aromatic carbocycles. The molecule has 1 aliphatic rings. The first-order valence-electron chi connectivity index (χ1n) is 11.1. The fourth-order valence-corrected chi connectivity index (χ4v) is 4.40. The fourth-order valence-electron chi connectivity index (χ4n) is 4.17. The molecule has 4 aromatic rings. The second-order valence-electron chi connectivity index (χ2n) is 8.54. The number of nitrogens with one attached hydrogen (secondary N) is 1. The number of carbonyl (C=O) groups excluding carboxylic acids is 1. The van der Waals surface area contributed by atoms with E-state index in [9.17, 15) is 19.2 Å². The summed E-state index contributed by atoms with van der Waals surface area (Å²) in [5, 5.41) is 12.6. The van der Waals surface area contributed by atoms with E-state index in [2.05, 4.69) is 20.3 Å². The van der Waals surface area contributed by atoms with E-state index in [-0.39, 0.29) is 62.1 Å². The van der Waals surface area contributed by atoms with Crippen molar-refractivity contribution in [3.63, 3.8) is 0 Å². The van der Waals surface area contributed by atoms with Crippen molar-refractivity contribution in [1.29, 1.82) is 5.26 Å². The van der Waals surface area contributed by atoms with Gasteiger partial charge < -0.3 is 22.5 Å². The number of aromatic nitrogens is 4. The van der Waals surface area contributed by atoms with Crippen molar-refractivity contribution in [2.75, 3.05) is 16.8 Å². The predicted molar refractivity (Wildman–Crippen MR) is 135 cm³/mol. The lowest BCUT2D eigenvalue weighted by atomic mass is 10.1. The van der Waals surface area contributed by atoms with E-state index in [1.807, 2.05) is 6.07 Å². The lowest BCUT2D eigenvalue weighted by Gasteiger charge is -2.24. The zero-order valence-electron chi connectivity index (χ0n) is 19.1. The molecule has 2 aromatic heterocycles. The lowest BCUT2D eigenvalue weighted by molar-refractivity contribution is 0.1000. The first-order chi connectivity index (χ1) is 17.7. The van der Waals surface area contributed by atoms with Crippen LogP contribution in [0.4, 0.5) is 22.0 Å². The number of fused-ring (bicyclic) bond motifs is 1. The molecule has 1 fully saturated rings. The third-order valence-electron chi connectivity index (χ3n) is 6.07. The van der Waals surface area contributed by atoms with Gasteiger partial charge in [-0.05, 0) is 49.1 Å². The first-order valence-corrected chi connectivity index (χ1v) is 11.5. The van der Waals surface area contributed by atoms with Crippen molar-refractivity contribution in [3.8, 4) is 11.8 Å². The highest BCUT2D eigenvalue weighted by Gasteiger charge is 2.37. The standard InChI is InChI=1S/C24H19ClFN9O2/c25-14-6-7-15(26)18-16(14)23(37)35(12-3-1-2-11(8-12)20(29)36)22(32-18)17(10-4-5-10)31-21-13(9-27)19(28)33-24(30)34-21/h1-3,6-8,10,17H,4-5H2,(H2,29,36)(H5,28,30,31,33,34). The Morgan fingerprint density at radius 3 is 2.65 bits per heavy atom. The van der Waals surface area contributed by atoms with Gasteiger partial charge in [-0.2, -0.15) is 15.2 Å². The van der Waals surface area contributed by atoms with Crippen molar-refractivity contribution in [2.45, 2.75) is 18.9 Å². The quantitative estimate of drug-likeness (QED) is 0.296. The maximum absolute atomic E-state index is 14.9. The molecule has 1 atom stereocenters. The molecule has 11 nitrogen and oxygen atoms in total. The Morgan fingerprint density at radius 1 is 1.22 bits per heavy atom. The van der Waals surface area contributed by atoms with Gasteiger partial charge in [0.1, 0.15) is 34.6 Å². The zero-order chi connectivity index (χ0) is 26.4. The van der Waals surface area contributed by atoms with Gasteiger partial charge in [-0.15, -0.1) is 0 Å². The summed E-state index contributed by atoms with van der Waals surface area (Å²) in [6.07, 6.45) is 1.51. The van der Waals surface area contributed by atoms with Crippen molar-refractivity contribution in [2.24, 2.45) is 11.7 Å². The minimum absolute atomic E-state index is 0.0132.